The van der Waals surface area contributed by atoms with E-state index in [9.17, 15) is 0 Å². The Balaban J connectivity index is 1.64. The summed E-state index contributed by atoms with van der Waals surface area (Å²) < 4.78 is 23.4. The molecular weight excluding hydrogens is 354 g/mol. The number of methoxy groups -OCH3 is 1. The maximum absolute atomic E-state index is 6.70. The summed E-state index contributed by atoms with van der Waals surface area (Å²) in [6.07, 6.45) is 2.46. The van der Waals surface area contributed by atoms with E-state index in [0.29, 0.717) is 0 Å². The first kappa shape index (κ1) is 17.7. The molecule has 0 spiro atoms. The molecule has 0 amide bonds. The summed E-state index contributed by atoms with van der Waals surface area (Å²) >= 11 is 0. The van der Waals surface area contributed by atoms with Crippen molar-refractivity contribution >= 4 is 0 Å². The van der Waals surface area contributed by atoms with Crippen LogP contribution in [-0.2, 0) is 0 Å². The lowest BCUT2D eigenvalue weighted by molar-refractivity contribution is -0.114. The number of hydrogen-bond donors (Lipinski definition) is 0. The van der Waals surface area contributed by atoms with Gasteiger partial charge in [-0.3, -0.25) is 4.90 Å². The second kappa shape index (κ2) is 6.59. The fraction of sp³-hybridized carbons (Fsp3) is 0.478. The highest BCUT2D eigenvalue weighted by Crippen LogP contribution is 2.53. The molecule has 0 aliphatic carbocycles. The van der Waals surface area contributed by atoms with Crippen LogP contribution >= 0.6 is 0 Å². The van der Waals surface area contributed by atoms with Crippen molar-refractivity contribution < 1.29 is 18.9 Å². The normalized spacial score (nSPS) is 28.7. The van der Waals surface area contributed by atoms with Gasteiger partial charge in [0.15, 0.2) is 17.2 Å². The van der Waals surface area contributed by atoms with Crippen molar-refractivity contribution in [1.82, 2.24) is 4.90 Å². The molecule has 5 rings (SSSR count). The van der Waals surface area contributed by atoms with Gasteiger partial charge in [0, 0.05) is 36.6 Å². The fourth-order valence-corrected chi connectivity index (χ4v) is 4.96. The summed E-state index contributed by atoms with van der Waals surface area (Å²) in [4.78, 5) is 2.50. The summed E-state index contributed by atoms with van der Waals surface area (Å²) in [5.41, 5.74) is 2.07. The third-order valence-electron chi connectivity index (χ3n) is 6.71. The molecule has 3 aliphatic rings. The van der Waals surface area contributed by atoms with Gasteiger partial charge in [-0.1, -0.05) is 19.1 Å². The molecule has 3 aliphatic heterocycles. The monoisotopic (exact) mass is 381 g/mol. The Bertz CT molecular complexity index is 875. The van der Waals surface area contributed by atoms with Gasteiger partial charge >= 0.3 is 0 Å². The molecule has 0 aromatic heterocycles. The van der Waals surface area contributed by atoms with Gasteiger partial charge < -0.3 is 18.9 Å². The van der Waals surface area contributed by atoms with Crippen molar-refractivity contribution in [2.45, 2.75) is 38.3 Å². The van der Waals surface area contributed by atoms with E-state index in [1.165, 1.54) is 24.0 Å². The Hall–Kier alpha value is -2.40. The number of likely N-dealkylation sites (tertiary alicyclic amines) is 1. The number of rotatable bonds is 3. The van der Waals surface area contributed by atoms with E-state index in [1.807, 2.05) is 18.2 Å². The molecule has 0 saturated carbocycles. The zero-order chi connectivity index (χ0) is 19.3. The molecule has 148 valence electrons. The van der Waals surface area contributed by atoms with Gasteiger partial charge in [-0.25, -0.2) is 0 Å². The number of fused-ring (bicyclic) bond motifs is 2. The quantitative estimate of drug-likeness (QED) is 0.788. The van der Waals surface area contributed by atoms with Crippen LogP contribution in [0.5, 0.6) is 23.0 Å². The highest BCUT2D eigenvalue weighted by atomic mass is 16.7. The van der Waals surface area contributed by atoms with E-state index in [2.05, 4.69) is 36.9 Å². The van der Waals surface area contributed by atoms with Crippen molar-refractivity contribution in [3.8, 4) is 23.0 Å². The highest BCUT2D eigenvalue weighted by molar-refractivity contribution is 5.56. The standard InChI is InChI=1S/C23H27NO4/c1-15-22(16-6-8-17(25-3)9-7-16)18-12-20-21(27-14-26-20)13-19(18)28-23(15,2)24-10-4-5-11-24/h6-9,12-13,15,22H,4-5,10-11,14H2,1-3H3/t15-,22+,23?/m0/s1. The molecule has 1 unspecified atom stereocenters. The Labute approximate surface area is 166 Å². The molecule has 1 fully saturated rings. The average Bonchev–Trinajstić information content (AvgIpc) is 3.40. The van der Waals surface area contributed by atoms with Crippen molar-refractivity contribution in [3.63, 3.8) is 0 Å². The third kappa shape index (κ3) is 2.64. The Morgan fingerprint density at radius 3 is 2.36 bits per heavy atom. The van der Waals surface area contributed by atoms with E-state index < -0.39 is 0 Å². The molecule has 0 radical (unpaired) electrons. The van der Waals surface area contributed by atoms with Crippen molar-refractivity contribution in [2.24, 2.45) is 5.92 Å². The molecule has 0 bridgehead atoms. The minimum Gasteiger partial charge on any atom is -0.497 e. The van der Waals surface area contributed by atoms with Gasteiger partial charge in [-0.2, -0.15) is 0 Å². The van der Waals surface area contributed by atoms with Gasteiger partial charge in [-0.05, 0) is 43.5 Å². The number of ether oxygens (including phenoxy) is 4. The van der Waals surface area contributed by atoms with Crippen molar-refractivity contribution in [2.75, 3.05) is 27.0 Å². The summed E-state index contributed by atoms with van der Waals surface area (Å²) in [5, 5.41) is 0. The molecule has 5 heteroatoms. The second-order valence-electron chi connectivity index (χ2n) is 8.13. The molecule has 1 saturated heterocycles. The molecular formula is C23H27NO4. The molecule has 5 nitrogen and oxygen atoms in total. The molecule has 2 aromatic rings. The first-order valence-corrected chi connectivity index (χ1v) is 10.1. The fourth-order valence-electron chi connectivity index (χ4n) is 4.96. The van der Waals surface area contributed by atoms with Crippen LogP contribution < -0.4 is 18.9 Å². The Morgan fingerprint density at radius 1 is 1.00 bits per heavy atom. The first-order chi connectivity index (χ1) is 13.6. The maximum atomic E-state index is 6.70. The first-order valence-electron chi connectivity index (χ1n) is 10.1. The van der Waals surface area contributed by atoms with Gasteiger partial charge in [0.1, 0.15) is 11.5 Å². The predicted molar refractivity (Wildman–Crippen MR) is 106 cm³/mol. The summed E-state index contributed by atoms with van der Waals surface area (Å²) in [7, 11) is 1.70. The average molecular weight is 381 g/mol. The largest absolute Gasteiger partial charge is 0.497 e. The van der Waals surface area contributed by atoms with Crippen LogP contribution in [-0.4, -0.2) is 37.6 Å². The minimum atomic E-state index is -0.359. The SMILES string of the molecule is COc1ccc([C@@H]2c3cc4c(cc3OC(C)(N3CCCC3)[C@H]2C)OCO4)cc1. The number of benzene rings is 2. The van der Waals surface area contributed by atoms with Gasteiger partial charge in [0.05, 0.1) is 7.11 Å². The van der Waals surface area contributed by atoms with Crippen LogP contribution in [0.3, 0.4) is 0 Å². The number of nitrogens with zero attached hydrogens (tertiary/aromatic N) is 1. The van der Waals surface area contributed by atoms with E-state index in [0.717, 1.165) is 36.1 Å². The Kier molecular flexibility index (Phi) is 4.16. The van der Waals surface area contributed by atoms with Gasteiger partial charge in [-0.15, -0.1) is 0 Å². The Morgan fingerprint density at radius 2 is 1.68 bits per heavy atom. The van der Waals surface area contributed by atoms with Crippen LogP contribution in [0.15, 0.2) is 36.4 Å². The maximum Gasteiger partial charge on any atom is 0.231 e. The molecule has 0 N–H and O–H groups in total. The van der Waals surface area contributed by atoms with Crippen LogP contribution in [0, 0.1) is 5.92 Å². The van der Waals surface area contributed by atoms with Crippen LogP contribution in [0.2, 0.25) is 0 Å². The van der Waals surface area contributed by atoms with E-state index in [1.54, 1.807) is 7.11 Å². The lowest BCUT2D eigenvalue weighted by atomic mass is 9.74. The lowest BCUT2D eigenvalue weighted by Gasteiger charge is -2.50. The molecule has 3 heterocycles. The second-order valence-corrected chi connectivity index (χ2v) is 8.13. The van der Waals surface area contributed by atoms with E-state index in [-0.39, 0.29) is 24.4 Å². The third-order valence-corrected chi connectivity index (χ3v) is 6.71. The number of hydrogen-bond acceptors (Lipinski definition) is 5. The van der Waals surface area contributed by atoms with E-state index >= 15 is 0 Å². The zero-order valence-corrected chi connectivity index (χ0v) is 16.7. The van der Waals surface area contributed by atoms with Crippen LogP contribution in [0.4, 0.5) is 0 Å². The summed E-state index contributed by atoms with van der Waals surface area (Å²) in [6, 6.07) is 12.5. The lowest BCUT2D eigenvalue weighted by Crippen LogP contribution is -2.57. The van der Waals surface area contributed by atoms with Gasteiger partial charge in [0.2, 0.25) is 6.79 Å². The van der Waals surface area contributed by atoms with Crippen LogP contribution in [0.25, 0.3) is 0 Å². The van der Waals surface area contributed by atoms with Gasteiger partial charge in [0.25, 0.3) is 0 Å². The molecule has 2 aromatic carbocycles. The topological polar surface area (TPSA) is 40.2 Å². The molecule has 3 atom stereocenters. The zero-order valence-electron chi connectivity index (χ0n) is 16.7. The summed E-state index contributed by atoms with van der Waals surface area (Å²) in [5.74, 6) is 3.82. The van der Waals surface area contributed by atoms with Crippen molar-refractivity contribution in [3.05, 3.63) is 47.5 Å². The highest BCUT2D eigenvalue weighted by Gasteiger charge is 2.49. The smallest absolute Gasteiger partial charge is 0.231 e. The predicted octanol–water partition coefficient (Wildman–Crippen LogP) is 4.40. The van der Waals surface area contributed by atoms with E-state index in [4.69, 9.17) is 18.9 Å². The van der Waals surface area contributed by atoms with Crippen molar-refractivity contribution in [1.29, 1.82) is 0 Å². The minimum absolute atomic E-state index is 0.203. The summed E-state index contributed by atoms with van der Waals surface area (Å²) in [6.45, 7) is 6.98. The molecule has 28 heavy (non-hydrogen) atoms. The van der Waals surface area contributed by atoms with Crippen LogP contribution in [0.1, 0.15) is 43.7 Å².